The summed E-state index contributed by atoms with van der Waals surface area (Å²) in [7, 11) is 0. The number of nitrogens with zero attached hydrogens (tertiary/aromatic N) is 1. The number of alkyl carbamates (subject to hydrolysis) is 1. The van der Waals surface area contributed by atoms with Crippen LogP contribution in [0.3, 0.4) is 0 Å². The Morgan fingerprint density at radius 2 is 2.08 bits per heavy atom. The van der Waals surface area contributed by atoms with Crippen LogP contribution in [0.4, 0.5) is 4.79 Å². The number of nitrogens with one attached hydrogen (secondary N) is 1. The molecule has 1 saturated heterocycles. The molecule has 1 fully saturated rings. The van der Waals surface area contributed by atoms with Crippen LogP contribution in [0.2, 0.25) is 0 Å². The zero-order chi connectivity index (χ0) is 17.3. The van der Waals surface area contributed by atoms with E-state index in [4.69, 9.17) is 4.74 Å². The number of carbonyl (C=O) groups is 3. The molecule has 0 radical (unpaired) electrons. The van der Waals surface area contributed by atoms with Crippen molar-refractivity contribution in [1.82, 2.24) is 10.2 Å². The molecule has 0 saturated carbocycles. The predicted octanol–water partition coefficient (Wildman–Crippen LogP) is 1.56. The van der Waals surface area contributed by atoms with Gasteiger partial charge in [-0.25, -0.2) is 9.59 Å². The fourth-order valence-corrected chi connectivity index (χ4v) is 3.96. The molecule has 7 nitrogen and oxygen atoms in total. The largest absolute Gasteiger partial charge is 0.477 e. The quantitative estimate of drug-likeness (QED) is 0.802. The number of amides is 2. The van der Waals surface area contributed by atoms with Crippen molar-refractivity contribution < 1.29 is 24.2 Å². The van der Waals surface area contributed by atoms with Crippen molar-refractivity contribution in [1.29, 1.82) is 0 Å². The van der Waals surface area contributed by atoms with Crippen LogP contribution in [0.25, 0.3) is 0 Å². The Kier molecular flexibility index (Phi) is 4.48. The van der Waals surface area contributed by atoms with E-state index in [1.165, 1.54) is 16.7 Å². The van der Waals surface area contributed by atoms with Gasteiger partial charge in [0.1, 0.15) is 23.7 Å². The summed E-state index contributed by atoms with van der Waals surface area (Å²) < 4.78 is 5.10. The van der Waals surface area contributed by atoms with Crippen LogP contribution in [0, 0.1) is 0 Å². The maximum absolute atomic E-state index is 12.2. The first-order chi connectivity index (χ1) is 11.5. The van der Waals surface area contributed by atoms with E-state index in [0.29, 0.717) is 11.3 Å². The number of aliphatic carboxylic acids is 1. The molecule has 2 heterocycles. The van der Waals surface area contributed by atoms with E-state index in [1.807, 2.05) is 30.3 Å². The first kappa shape index (κ1) is 16.4. The molecule has 2 N–H and O–H groups in total. The van der Waals surface area contributed by atoms with E-state index in [-0.39, 0.29) is 12.3 Å². The molecule has 2 amide bonds. The van der Waals surface area contributed by atoms with Gasteiger partial charge in [0, 0.05) is 5.75 Å². The lowest BCUT2D eigenvalue weighted by molar-refractivity contribution is -0.149. The van der Waals surface area contributed by atoms with Gasteiger partial charge in [-0.2, -0.15) is 0 Å². The topological polar surface area (TPSA) is 95.9 Å². The standard InChI is InChI=1S/C16H16N2O5S/c1-9-8-24-14-11(13(19)18(14)12(9)15(20)21)17-16(22)23-7-10-5-3-2-4-6-10/h2-6,11,14H,7-8H2,1H3,(H,17,22)(H,20,21). The van der Waals surface area contributed by atoms with Gasteiger partial charge in [0.05, 0.1) is 0 Å². The van der Waals surface area contributed by atoms with Crippen LogP contribution in [-0.2, 0) is 20.9 Å². The summed E-state index contributed by atoms with van der Waals surface area (Å²) in [5.74, 6) is -1.05. The number of ether oxygens (including phenoxy) is 1. The van der Waals surface area contributed by atoms with Gasteiger partial charge >= 0.3 is 12.1 Å². The number of carbonyl (C=O) groups excluding carboxylic acids is 2. The summed E-state index contributed by atoms with van der Waals surface area (Å²) in [6, 6.07) is 8.43. The first-order valence-electron chi connectivity index (χ1n) is 7.34. The molecule has 24 heavy (non-hydrogen) atoms. The lowest BCUT2D eigenvalue weighted by atomic mass is 10.0. The third kappa shape index (κ3) is 2.96. The SMILES string of the molecule is CC1=C(C(=O)O)N2C(=O)C(NC(=O)OCc3ccccc3)C2SC1. The summed E-state index contributed by atoms with van der Waals surface area (Å²) in [6.45, 7) is 1.79. The Bertz CT molecular complexity index is 718. The number of β-lactam (4-membered cyclic amide) rings is 1. The first-order valence-corrected chi connectivity index (χ1v) is 8.39. The monoisotopic (exact) mass is 348 g/mol. The Balaban J connectivity index is 1.59. The number of benzene rings is 1. The molecule has 2 unspecified atom stereocenters. The summed E-state index contributed by atoms with van der Waals surface area (Å²) in [5, 5.41) is 11.4. The normalized spacial score (nSPS) is 22.5. The third-order valence-corrected chi connectivity index (χ3v) is 5.27. The molecule has 0 spiro atoms. The van der Waals surface area contributed by atoms with Crippen molar-refractivity contribution in [3.63, 3.8) is 0 Å². The summed E-state index contributed by atoms with van der Waals surface area (Å²) in [5.41, 5.74) is 1.50. The Hall–Kier alpha value is -2.48. The van der Waals surface area contributed by atoms with Crippen LogP contribution < -0.4 is 5.32 Å². The molecule has 0 aliphatic carbocycles. The molecule has 2 atom stereocenters. The van der Waals surface area contributed by atoms with Gasteiger partial charge in [-0.3, -0.25) is 9.69 Å². The molecule has 8 heteroatoms. The predicted molar refractivity (Wildman–Crippen MR) is 87.0 cm³/mol. The maximum atomic E-state index is 12.2. The van der Waals surface area contributed by atoms with Crippen LogP contribution in [-0.4, -0.2) is 45.1 Å². The number of hydrogen-bond donors (Lipinski definition) is 2. The lowest BCUT2D eigenvalue weighted by Crippen LogP contribution is -2.70. The lowest BCUT2D eigenvalue weighted by Gasteiger charge is -2.49. The molecule has 0 aromatic heterocycles. The average molecular weight is 348 g/mol. The van der Waals surface area contributed by atoms with Gasteiger partial charge in [0.2, 0.25) is 0 Å². The van der Waals surface area contributed by atoms with Gasteiger partial charge in [-0.1, -0.05) is 30.3 Å². The smallest absolute Gasteiger partial charge is 0.408 e. The fourth-order valence-electron chi connectivity index (χ4n) is 2.67. The zero-order valence-electron chi connectivity index (χ0n) is 12.9. The average Bonchev–Trinajstić information content (AvgIpc) is 2.58. The highest BCUT2D eigenvalue weighted by molar-refractivity contribution is 8.00. The van der Waals surface area contributed by atoms with Crippen molar-refractivity contribution in [2.45, 2.75) is 24.9 Å². The number of carboxylic acids is 1. The molecule has 2 aliphatic rings. The highest BCUT2D eigenvalue weighted by Crippen LogP contribution is 2.40. The molecular formula is C16H16N2O5S. The molecule has 3 rings (SSSR count). The van der Waals surface area contributed by atoms with Crippen molar-refractivity contribution in [2.75, 3.05) is 5.75 Å². The van der Waals surface area contributed by atoms with Crippen LogP contribution in [0.15, 0.2) is 41.6 Å². The Morgan fingerprint density at radius 1 is 1.38 bits per heavy atom. The number of carboxylic acid groups (broad SMARTS) is 1. The Morgan fingerprint density at radius 3 is 2.75 bits per heavy atom. The van der Waals surface area contributed by atoms with Gasteiger partial charge in [-0.05, 0) is 18.1 Å². The highest BCUT2D eigenvalue weighted by Gasteiger charge is 2.53. The van der Waals surface area contributed by atoms with Gasteiger partial charge in [-0.15, -0.1) is 11.8 Å². The van der Waals surface area contributed by atoms with Crippen molar-refractivity contribution >= 4 is 29.7 Å². The van der Waals surface area contributed by atoms with E-state index in [2.05, 4.69) is 5.32 Å². The van der Waals surface area contributed by atoms with Gasteiger partial charge in [0.25, 0.3) is 5.91 Å². The zero-order valence-corrected chi connectivity index (χ0v) is 13.7. The number of thioether (sulfide) groups is 1. The van der Waals surface area contributed by atoms with E-state index >= 15 is 0 Å². The fraction of sp³-hybridized carbons (Fsp3) is 0.312. The second-order valence-electron chi connectivity index (χ2n) is 5.53. The minimum Gasteiger partial charge on any atom is -0.477 e. The molecular weight excluding hydrogens is 332 g/mol. The van der Waals surface area contributed by atoms with Crippen LogP contribution in [0.1, 0.15) is 12.5 Å². The number of fused-ring (bicyclic) bond motifs is 1. The molecule has 1 aromatic carbocycles. The van der Waals surface area contributed by atoms with Crippen LogP contribution >= 0.6 is 11.8 Å². The maximum Gasteiger partial charge on any atom is 0.408 e. The van der Waals surface area contributed by atoms with Gasteiger partial charge in [0.15, 0.2) is 0 Å². The van der Waals surface area contributed by atoms with Crippen LogP contribution in [0.5, 0.6) is 0 Å². The third-order valence-electron chi connectivity index (χ3n) is 3.85. The van der Waals surface area contributed by atoms with Crippen molar-refractivity contribution in [3.05, 3.63) is 47.2 Å². The van der Waals surface area contributed by atoms with E-state index < -0.39 is 29.4 Å². The number of rotatable bonds is 4. The minimum atomic E-state index is -1.13. The highest BCUT2D eigenvalue weighted by atomic mass is 32.2. The van der Waals surface area contributed by atoms with E-state index in [1.54, 1.807) is 6.92 Å². The second kappa shape index (κ2) is 6.56. The van der Waals surface area contributed by atoms with Crippen molar-refractivity contribution in [3.8, 4) is 0 Å². The Labute approximate surface area is 142 Å². The van der Waals surface area contributed by atoms with Crippen molar-refractivity contribution in [2.24, 2.45) is 0 Å². The van der Waals surface area contributed by atoms with E-state index in [0.717, 1.165) is 5.56 Å². The summed E-state index contributed by atoms with van der Waals surface area (Å²) in [6.07, 6.45) is -0.694. The minimum absolute atomic E-state index is 0.0134. The summed E-state index contributed by atoms with van der Waals surface area (Å²) >= 11 is 1.42. The molecule has 126 valence electrons. The number of hydrogen-bond acceptors (Lipinski definition) is 5. The molecule has 2 aliphatic heterocycles. The van der Waals surface area contributed by atoms with E-state index in [9.17, 15) is 19.5 Å². The summed E-state index contributed by atoms with van der Waals surface area (Å²) in [4.78, 5) is 36.6. The molecule has 0 bridgehead atoms. The molecule has 1 aromatic rings. The second-order valence-corrected chi connectivity index (χ2v) is 6.63. The van der Waals surface area contributed by atoms with Gasteiger partial charge < -0.3 is 15.2 Å².